The minimum atomic E-state index is -0.631. The fourth-order valence-electron chi connectivity index (χ4n) is 5.04. The number of benzene rings is 4. The molecule has 1 aliphatic rings. The molecule has 1 amide bonds. The largest absolute Gasteiger partial charge is 0.493 e. The van der Waals surface area contributed by atoms with Gasteiger partial charge in [0.15, 0.2) is 23.2 Å². The van der Waals surface area contributed by atoms with E-state index >= 15 is 0 Å². The SMILES string of the molecule is COc1cc(/C=C2\N=C(c3ccc([N+](=O)[O-])cc3)N(n3c(-c4ccccc4)nc4ccccc4c3=O)C2=O)cc(OC)c1OC. The third-order valence-corrected chi connectivity index (χ3v) is 7.15. The molecule has 45 heavy (non-hydrogen) atoms. The van der Waals surface area contributed by atoms with Gasteiger partial charge in [-0.2, -0.15) is 9.69 Å². The number of amides is 1. The lowest BCUT2D eigenvalue weighted by Crippen LogP contribution is -2.49. The minimum absolute atomic E-state index is 0.0169. The molecule has 5 aromatic rings. The van der Waals surface area contributed by atoms with Gasteiger partial charge in [0, 0.05) is 23.3 Å². The van der Waals surface area contributed by atoms with Crippen molar-refractivity contribution in [2.45, 2.75) is 0 Å². The molecule has 4 aromatic carbocycles. The first-order valence-corrected chi connectivity index (χ1v) is 13.6. The van der Waals surface area contributed by atoms with Crippen molar-refractivity contribution < 1.29 is 23.9 Å². The first-order chi connectivity index (χ1) is 21.8. The lowest BCUT2D eigenvalue weighted by molar-refractivity contribution is -0.384. The number of carbonyl (C=O) groups excluding carboxylic acids is 1. The molecule has 0 N–H and O–H groups in total. The summed E-state index contributed by atoms with van der Waals surface area (Å²) in [6, 6.07) is 24.7. The quantitative estimate of drug-likeness (QED) is 0.138. The number of amidine groups is 1. The number of nitro groups is 1. The van der Waals surface area contributed by atoms with Gasteiger partial charge in [-0.3, -0.25) is 19.7 Å². The molecule has 0 saturated heterocycles. The summed E-state index contributed by atoms with van der Waals surface area (Å²) in [6.07, 6.45) is 1.53. The lowest BCUT2D eigenvalue weighted by Gasteiger charge is -2.23. The Hall–Kier alpha value is -6.30. The van der Waals surface area contributed by atoms with E-state index in [0.717, 1.165) is 5.01 Å². The number of hydrogen-bond donors (Lipinski definition) is 0. The van der Waals surface area contributed by atoms with Gasteiger partial charge in [-0.1, -0.05) is 42.5 Å². The average Bonchev–Trinajstić information content (AvgIpc) is 3.39. The molecule has 12 nitrogen and oxygen atoms in total. The van der Waals surface area contributed by atoms with Crippen LogP contribution < -0.4 is 24.8 Å². The number of hydrogen-bond acceptors (Lipinski definition) is 9. The highest BCUT2D eigenvalue weighted by molar-refractivity contribution is 6.29. The van der Waals surface area contributed by atoms with Gasteiger partial charge in [-0.15, -0.1) is 0 Å². The van der Waals surface area contributed by atoms with Crippen molar-refractivity contribution in [2.75, 3.05) is 26.3 Å². The smallest absolute Gasteiger partial charge is 0.297 e. The number of rotatable bonds is 8. The standard InChI is InChI=1S/C33H25N5O7/c1-43-27-18-20(19-28(44-2)29(27)45-3)17-26-33(40)37(31(35-26)22-13-15-23(16-14-22)38(41)42)36-30(21-9-5-4-6-10-21)34-25-12-8-7-11-24(25)32(36)39/h4-19H,1-3H3/b26-17-. The molecule has 12 heteroatoms. The second-order valence-corrected chi connectivity index (χ2v) is 9.78. The Labute approximate surface area is 256 Å². The summed E-state index contributed by atoms with van der Waals surface area (Å²) in [5, 5.41) is 12.8. The van der Waals surface area contributed by atoms with Crippen LogP contribution >= 0.6 is 0 Å². The summed E-state index contributed by atoms with van der Waals surface area (Å²) in [5.74, 6) is 0.756. The Bertz CT molecular complexity index is 2060. The van der Waals surface area contributed by atoms with Crippen molar-refractivity contribution >= 4 is 34.4 Å². The Balaban J connectivity index is 1.61. The van der Waals surface area contributed by atoms with Crippen LogP contribution in [0.1, 0.15) is 11.1 Å². The van der Waals surface area contributed by atoms with E-state index in [9.17, 15) is 19.7 Å². The molecule has 1 aromatic heterocycles. The number of aliphatic imine (C=N–C) groups is 1. The number of fused-ring (bicyclic) bond motifs is 1. The van der Waals surface area contributed by atoms with E-state index in [2.05, 4.69) is 4.99 Å². The van der Waals surface area contributed by atoms with Crippen LogP contribution in [-0.4, -0.2) is 47.7 Å². The predicted molar refractivity (Wildman–Crippen MR) is 168 cm³/mol. The third kappa shape index (κ3) is 5.14. The molecule has 2 heterocycles. The highest BCUT2D eigenvalue weighted by Gasteiger charge is 2.36. The third-order valence-electron chi connectivity index (χ3n) is 7.15. The van der Waals surface area contributed by atoms with Crippen LogP contribution in [0.5, 0.6) is 17.2 Å². The van der Waals surface area contributed by atoms with Crippen LogP contribution in [0.15, 0.2) is 106 Å². The molecule has 0 spiro atoms. The topological polar surface area (TPSA) is 138 Å². The van der Waals surface area contributed by atoms with Crippen LogP contribution in [0.25, 0.3) is 28.4 Å². The first kappa shape index (κ1) is 28.8. The minimum Gasteiger partial charge on any atom is -0.493 e. The van der Waals surface area contributed by atoms with Crippen LogP contribution in [0.3, 0.4) is 0 Å². The summed E-state index contributed by atoms with van der Waals surface area (Å²) in [5.41, 5.74) is 1.24. The fourth-order valence-corrected chi connectivity index (χ4v) is 5.04. The monoisotopic (exact) mass is 603 g/mol. The van der Waals surface area contributed by atoms with Gasteiger partial charge in [0.2, 0.25) is 5.75 Å². The molecular formula is C33H25N5O7. The van der Waals surface area contributed by atoms with E-state index in [1.54, 1.807) is 60.7 Å². The zero-order chi connectivity index (χ0) is 31.7. The Kier molecular flexibility index (Phi) is 7.53. The van der Waals surface area contributed by atoms with Crippen molar-refractivity contribution in [3.05, 3.63) is 128 Å². The van der Waals surface area contributed by atoms with E-state index in [4.69, 9.17) is 19.2 Å². The molecule has 0 saturated carbocycles. The molecule has 0 aliphatic carbocycles. The fraction of sp³-hybridized carbons (Fsp3) is 0.0909. The van der Waals surface area contributed by atoms with Crippen LogP contribution in [0.2, 0.25) is 0 Å². The van der Waals surface area contributed by atoms with Crippen LogP contribution in [0, 0.1) is 10.1 Å². The molecule has 6 rings (SSSR count). The van der Waals surface area contributed by atoms with Crippen molar-refractivity contribution in [3.63, 3.8) is 0 Å². The van der Waals surface area contributed by atoms with Gasteiger partial charge < -0.3 is 14.2 Å². The number of aromatic nitrogens is 2. The Morgan fingerprint density at radius 1 is 0.800 bits per heavy atom. The number of carbonyl (C=O) groups is 1. The molecule has 0 atom stereocenters. The second kappa shape index (κ2) is 11.8. The number of methoxy groups -OCH3 is 3. The van der Waals surface area contributed by atoms with Gasteiger partial charge in [-0.05, 0) is 48.0 Å². The summed E-state index contributed by atoms with van der Waals surface area (Å²) < 4.78 is 17.5. The van der Waals surface area contributed by atoms with Crippen molar-refractivity contribution in [1.82, 2.24) is 9.66 Å². The number of para-hydroxylation sites is 1. The maximum Gasteiger partial charge on any atom is 0.297 e. The predicted octanol–water partition coefficient (Wildman–Crippen LogP) is 4.96. The highest BCUT2D eigenvalue weighted by Crippen LogP contribution is 2.39. The maximum atomic E-state index is 14.3. The molecule has 0 unspecified atom stereocenters. The molecule has 0 radical (unpaired) electrons. The van der Waals surface area contributed by atoms with Crippen molar-refractivity contribution in [1.29, 1.82) is 0 Å². The van der Waals surface area contributed by atoms with Crippen molar-refractivity contribution in [2.24, 2.45) is 4.99 Å². The van der Waals surface area contributed by atoms with Gasteiger partial charge >= 0.3 is 0 Å². The number of ether oxygens (including phenoxy) is 3. The van der Waals surface area contributed by atoms with E-state index in [1.807, 2.05) is 6.07 Å². The summed E-state index contributed by atoms with van der Waals surface area (Å²) in [7, 11) is 4.44. The number of nitro benzene ring substituents is 1. The van der Waals surface area contributed by atoms with E-state index < -0.39 is 16.4 Å². The maximum absolute atomic E-state index is 14.3. The zero-order valence-electron chi connectivity index (χ0n) is 24.3. The lowest BCUT2D eigenvalue weighted by atomic mass is 10.1. The number of nitrogens with zero attached hydrogens (tertiary/aromatic N) is 5. The average molecular weight is 604 g/mol. The second-order valence-electron chi connectivity index (χ2n) is 9.78. The summed E-state index contributed by atoms with van der Waals surface area (Å²) >= 11 is 0. The Morgan fingerprint density at radius 2 is 1.44 bits per heavy atom. The first-order valence-electron chi connectivity index (χ1n) is 13.6. The summed E-state index contributed by atoms with van der Waals surface area (Å²) in [4.78, 5) is 48.8. The summed E-state index contributed by atoms with van der Waals surface area (Å²) in [6.45, 7) is 0. The van der Waals surface area contributed by atoms with Gasteiger partial charge in [0.05, 0.1) is 37.2 Å². The number of non-ortho nitro benzene ring substituents is 1. The van der Waals surface area contributed by atoms with Gasteiger partial charge in [0.1, 0.15) is 5.70 Å². The van der Waals surface area contributed by atoms with Gasteiger partial charge in [0.25, 0.3) is 17.2 Å². The van der Waals surface area contributed by atoms with Crippen LogP contribution in [0.4, 0.5) is 5.69 Å². The molecular weight excluding hydrogens is 578 g/mol. The molecule has 0 fully saturated rings. The zero-order valence-corrected chi connectivity index (χ0v) is 24.3. The Morgan fingerprint density at radius 3 is 2.07 bits per heavy atom. The van der Waals surface area contributed by atoms with E-state index in [0.29, 0.717) is 39.5 Å². The van der Waals surface area contributed by atoms with Crippen molar-refractivity contribution in [3.8, 4) is 28.6 Å². The van der Waals surface area contributed by atoms with Gasteiger partial charge in [-0.25, -0.2) is 9.98 Å². The van der Waals surface area contributed by atoms with E-state index in [-0.39, 0.29) is 28.4 Å². The molecule has 224 valence electrons. The highest BCUT2D eigenvalue weighted by atomic mass is 16.6. The van der Waals surface area contributed by atoms with Crippen LogP contribution in [-0.2, 0) is 4.79 Å². The van der Waals surface area contributed by atoms with E-state index in [1.165, 1.54) is 56.3 Å². The molecule has 1 aliphatic heterocycles. The molecule has 0 bridgehead atoms. The normalized spacial score (nSPS) is 13.7.